The van der Waals surface area contributed by atoms with E-state index in [1.54, 1.807) is 6.07 Å². The lowest BCUT2D eigenvalue weighted by atomic mass is 10.1. The predicted molar refractivity (Wildman–Crippen MR) is 116 cm³/mol. The van der Waals surface area contributed by atoms with Gasteiger partial charge in [0.05, 0.1) is 13.2 Å². The van der Waals surface area contributed by atoms with Gasteiger partial charge in [-0.2, -0.15) is 4.98 Å². The van der Waals surface area contributed by atoms with Crippen LogP contribution < -0.4 is 15.1 Å². The van der Waals surface area contributed by atoms with Gasteiger partial charge in [0.1, 0.15) is 11.5 Å². The van der Waals surface area contributed by atoms with Crippen LogP contribution in [0, 0.1) is 0 Å². The molecule has 0 bridgehead atoms. The molecule has 1 aromatic heterocycles. The standard InChI is InChI=1S/C22H31N5O2/c1-3-4-11-23-21(28)19-17-20(27-13-15-29-16-14-27)25-22(24-19)26(2)12-10-18-8-6-5-7-9-18/h5-9,17H,3-4,10-16H2,1-2H3,(H,23,28). The highest BCUT2D eigenvalue weighted by molar-refractivity contribution is 5.93. The van der Waals surface area contributed by atoms with E-state index in [1.165, 1.54) is 5.56 Å². The number of anilines is 2. The van der Waals surface area contributed by atoms with Crippen LogP contribution in [0.25, 0.3) is 0 Å². The lowest BCUT2D eigenvalue weighted by Crippen LogP contribution is -2.37. The molecular formula is C22H31N5O2. The number of carbonyl (C=O) groups is 1. The monoisotopic (exact) mass is 397 g/mol. The third kappa shape index (κ3) is 6.15. The van der Waals surface area contributed by atoms with Gasteiger partial charge in [-0.3, -0.25) is 4.79 Å². The first-order chi connectivity index (χ1) is 14.2. The molecule has 1 saturated heterocycles. The fourth-order valence-electron chi connectivity index (χ4n) is 3.17. The first kappa shape index (κ1) is 21.0. The first-order valence-corrected chi connectivity index (χ1v) is 10.4. The van der Waals surface area contributed by atoms with Gasteiger partial charge >= 0.3 is 0 Å². The Kier molecular flexibility index (Phi) is 7.81. The first-order valence-electron chi connectivity index (χ1n) is 10.4. The number of amides is 1. The van der Waals surface area contributed by atoms with Crippen LogP contribution in [0.15, 0.2) is 36.4 Å². The number of morpholine rings is 1. The number of aromatic nitrogens is 2. The van der Waals surface area contributed by atoms with Gasteiger partial charge in [0.25, 0.3) is 5.91 Å². The number of benzene rings is 1. The molecule has 1 aliphatic heterocycles. The number of hydrogen-bond acceptors (Lipinski definition) is 6. The summed E-state index contributed by atoms with van der Waals surface area (Å²) in [5.41, 5.74) is 1.68. The number of likely N-dealkylation sites (N-methyl/N-ethyl adjacent to an activating group) is 1. The van der Waals surface area contributed by atoms with Crippen LogP contribution in [0.1, 0.15) is 35.8 Å². The Morgan fingerprint density at radius 1 is 1.21 bits per heavy atom. The van der Waals surface area contributed by atoms with Crippen molar-refractivity contribution in [1.29, 1.82) is 0 Å². The molecule has 0 unspecified atom stereocenters. The smallest absolute Gasteiger partial charge is 0.270 e. The second kappa shape index (κ2) is 10.8. The normalized spacial score (nSPS) is 13.9. The van der Waals surface area contributed by atoms with Crippen molar-refractivity contribution in [3.8, 4) is 0 Å². The van der Waals surface area contributed by atoms with Gasteiger partial charge in [-0.15, -0.1) is 0 Å². The van der Waals surface area contributed by atoms with Crippen LogP contribution in [-0.4, -0.2) is 62.3 Å². The van der Waals surface area contributed by atoms with Crippen molar-refractivity contribution in [2.45, 2.75) is 26.2 Å². The molecule has 0 spiro atoms. The summed E-state index contributed by atoms with van der Waals surface area (Å²) in [4.78, 5) is 26.1. The molecule has 1 amide bonds. The molecule has 7 nitrogen and oxygen atoms in total. The molecule has 0 radical (unpaired) electrons. The van der Waals surface area contributed by atoms with E-state index in [4.69, 9.17) is 9.72 Å². The summed E-state index contributed by atoms with van der Waals surface area (Å²) >= 11 is 0. The van der Waals surface area contributed by atoms with Crippen molar-refractivity contribution in [2.24, 2.45) is 0 Å². The summed E-state index contributed by atoms with van der Waals surface area (Å²) in [5.74, 6) is 1.21. The zero-order valence-electron chi connectivity index (χ0n) is 17.4. The van der Waals surface area contributed by atoms with Gasteiger partial charge in [-0.25, -0.2) is 4.98 Å². The molecule has 1 aromatic carbocycles. The number of hydrogen-bond donors (Lipinski definition) is 1. The zero-order chi connectivity index (χ0) is 20.5. The molecule has 0 atom stereocenters. The molecular weight excluding hydrogens is 366 g/mol. The highest BCUT2D eigenvalue weighted by Crippen LogP contribution is 2.19. The summed E-state index contributed by atoms with van der Waals surface area (Å²) in [5, 5.41) is 2.96. The van der Waals surface area contributed by atoms with E-state index in [1.807, 2.05) is 30.1 Å². The van der Waals surface area contributed by atoms with E-state index in [0.29, 0.717) is 31.4 Å². The van der Waals surface area contributed by atoms with Gasteiger partial charge in [-0.1, -0.05) is 43.7 Å². The molecule has 1 N–H and O–H groups in total. The summed E-state index contributed by atoms with van der Waals surface area (Å²) in [6.07, 6.45) is 2.88. The van der Waals surface area contributed by atoms with Crippen LogP contribution in [0.2, 0.25) is 0 Å². The van der Waals surface area contributed by atoms with Crippen LogP contribution >= 0.6 is 0 Å². The SMILES string of the molecule is CCCCNC(=O)c1cc(N2CCOCC2)nc(N(C)CCc2ccccc2)n1. The Morgan fingerprint density at radius 2 is 1.97 bits per heavy atom. The lowest BCUT2D eigenvalue weighted by molar-refractivity contribution is 0.0948. The van der Waals surface area contributed by atoms with Gasteiger partial charge < -0.3 is 19.9 Å². The van der Waals surface area contributed by atoms with Crippen LogP contribution in [0.5, 0.6) is 0 Å². The summed E-state index contributed by atoms with van der Waals surface area (Å²) in [6.45, 7) is 6.40. The Balaban J connectivity index is 1.77. The second-order valence-electron chi connectivity index (χ2n) is 7.28. The molecule has 29 heavy (non-hydrogen) atoms. The largest absolute Gasteiger partial charge is 0.378 e. The molecule has 1 aliphatic rings. The highest BCUT2D eigenvalue weighted by atomic mass is 16.5. The van der Waals surface area contributed by atoms with E-state index in [9.17, 15) is 4.79 Å². The van der Waals surface area contributed by atoms with Crippen molar-refractivity contribution < 1.29 is 9.53 Å². The fraction of sp³-hybridized carbons (Fsp3) is 0.500. The maximum Gasteiger partial charge on any atom is 0.270 e. The van der Waals surface area contributed by atoms with Crippen molar-refractivity contribution >= 4 is 17.7 Å². The van der Waals surface area contributed by atoms with E-state index < -0.39 is 0 Å². The molecule has 0 saturated carbocycles. The number of unbranched alkanes of at least 4 members (excludes halogenated alkanes) is 1. The number of carbonyl (C=O) groups excluding carboxylic acids is 1. The minimum Gasteiger partial charge on any atom is -0.378 e. The van der Waals surface area contributed by atoms with Gasteiger partial charge in [-0.05, 0) is 18.4 Å². The van der Waals surface area contributed by atoms with E-state index in [-0.39, 0.29) is 5.91 Å². The lowest BCUT2D eigenvalue weighted by Gasteiger charge is -2.29. The molecule has 156 valence electrons. The van der Waals surface area contributed by atoms with Gasteiger partial charge in [0.2, 0.25) is 5.95 Å². The summed E-state index contributed by atoms with van der Waals surface area (Å²) in [6, 6.07) is 12.1. The van der Waals surface area contributed by atoms with Gasteiger partial charge in [0, 0.05) is 39.3 Å². The molecule has 3 rings (SSSR count). The van der Waals surface area contributed by atoms with Crippen molar-refractivity contribution in [1.82, 2.24) is 15.3 Å². The summed E-state index contributed by atoms with van der Waals surface area (Å²) in [7, 11) is 1.97. The zero-order valence-corrected chi connectivity index (χ0v) is 17.4. The fourth-order valence-corrected chi connectivity index (χ4v) is 3.17. The Hall–Kier alpha value is -2.67. The van der Waals surface area contributed by atoms with E-state index in [2.05, 4.69) is 34.3 Å². The number of nitrogens with zero attached hydrogens (tertiary/aromatic N) is 4. The minimum atomic E-state index is -0.145. The quantitative estimate of drug-likeness (QED) is 0.656. The maximum absolute atomic E-state index is 12.6. The molecule has 0 aliphatic carbocycles. The number of rotatable bonds is 9. The van der Waals surface area contributed by atoms with Crippen molar-refractivity contribution in [3.05, 3.63) is 47.7 Å². The highest BCUT2D eigenvalue weighted by Gasteiger charge is 2.19. The van der Waals surface area contributed by atoms with Crippen LogP contribution in [-0.2, 0) is 11.2 Å². The Bertz CT molecular complexity index is 778. The third-order valence-corrected chi connectivity index (χ3v) is 5.00. The number of nitrogens with one attached hydrogen (secondary N) is 1. The number of ether oxygens (including phenoxy) is 1. The van der Waals surface area contributed by atoms with E-state index in [0.717, 1.165) is 44.7 Å². The minimum absolute atomic E-state index is 0.145. The molecule has 1 fully saturated rings. The Labute approximate surface area is 173 Å². The maximum atomic E-state index is 12.6. The topological polar surface area (TPSA) is 70.6 Å². The average molecular weight is 398 g/mol. The van der Waals surface area contributed by atoms with Crippen molar-refractivity contribution in [3.63, 3.8) is 0 Å². The van der Waals surface area contributed by atoms with Gasteiger partial charge in [0.15, 0.2) is 0 Å². The van der Waals surface area contributed by atoms with E-state index >= 15 is 0 Å². The molecule has 7 heteroatoms. The van der Waals surface area contributed by atoms with Crippen LogP contribution in [0.3, 0.4) is 0 Å². The Morgan fingerprint density at radius 3 is 2.69 bits per heavy atom. The predicted octanol–water partition coefficient (Wildman–Crippen LogP) is 2.52. The third-order valence-electron chi connectivity index (χ3n) is 5.00. The van der Waals surface area contributed by atoms with Crippen molar-refractivity contribution in [2.75, 3.05) is 56.2 Å². The molecule has 2 aromatic rings. The second-order valence-corrected chi connectivity index (χ2v) is 7.28. The molecule has 2 heterocycles. The summed E-state index contributed by atoms with van der Waals surface area (Å²) < 4.78 is 5.45. The van der Waals surface area contributed by atoms with Crippen LogP contribution in [0.4, 0.5) is 11.8 Å². The average Bonchev–Trinajstić information content (AvgIpc) is 2.78.